The van der Waals surface area contributed by atoms with Gasteiger partial charge in [-0.25, -0.2) is 17.5 Å². The van der Waals surface area contributed by atoms with Crippen molar-refractivity contribution in [1.82, 2.24) is 4.72 Å². The Morgan fingerprint density at radius 1 is 1.00 bits per heavy atom. The zero-order valence-electron chi connectivity index (χ0n) is 10.6. The zero-order chi connectivity index (χ0) is 14.6. The van der Waals surface area contributed by atoms with Gasteiger partial charge in [-0.1, -0.05) is 36.4 Å². The van der Waals surface area contributed by atoms with Crippen LogP contribution in [0.2, 0.25) is 0 Å². The Balaban J connectivity index is 2.11. The molecule has 0 bridgehead atoms. The van der Waals surface area contributed by atoms with Crippen LogP contribution < -0.4 is 4.72 Å². The molecule has 4 nitrogen and oxygen atoms in total. The van der Waals surface area contributed by atoms with E-state index in [2.05, 4.69) is 4.72 Å². The number of aliphatic hydroxyl groups excluding tert-OH is 1. The predicted molar refractivity (Wildman–Crippen MR) is 72.8 cm³/mol. The lowest BCUT2D eigenvalue weighted by Gasteiger charge is -2.08. The molecule has 2 N–H and O–H groups in total. The van der Waals surface area contributed by atoms with Gasteiger partial charge in [0.1, 0.15) is 10.7 Å². The van der Waals surface area contributed by atoms with Gasteiger partial charge in [0.05, 0.1) is 6.61 Å². The molecule has 2 rings (SSSR count). The highest BCUT2D eigenvalue weighted by molar-refractivity contribution is 7.89. The molecule has 0 aromatic heterocycles. The number of halogens is 1. The van der Waals surface area contributed by atoms with Gasteiger partial charge in [0.15, 0.2) is 0 Å². The highest BCUT2D eigenvalue weighted by atomic mass is 32.2. The Morgan fingerprint density at radius 3 is 2.20 bits per heavy atom. The maximum atomic E-state index is 13.5. The van der Waals surface area contributed by atoms with Crippen LogP contribution in [0, 0.1) is 5.82 Å². The van der Waals surface area contributed by atoms with Crippen molar-refractivity contribution in [1.29, 1.82) is 0 Å². The van der Waals surface area contributed by atoms with Crippen molar-refractivity contribution < 1.29 is 17.9 Å². The molecule has 0 aliphatic heterocycles. The van der Waals surface area contributed by atoms with Gasteiger partial charge in [0.2, 0.25) is 10.0 Å². The van der Waals surface area contributed by atoms with Crippen molar-refractivity contribution in [2.45, 2.75) is 18.0 Å². The highest BCUT2D eigenvalue weighted by Gasteiger charge is 2.17. The number of sulfonamides is 1. The van der Waals surface area contributed by atoms with Crippen molar-refractivity contribution in [3.8, 4) is 0 Å². The predicted octanol–water partition coefficient (Wildman–Crippen LogP) is 1.80. The standard InChI is InChI=1S/C14H14FNO3S/c15-13-3-1-2-4-14(13)20(18,19)16-9-11-5-7-12(10-17)8-6-11/h1-8,16-17H,9-10H2. The van der Waals surface area contributed by atoms with Gasteiger partial charge < -0.3 is 5.11 Å². The molecule has 0 amide bonds. The van der Waals surface area contributed by atoms with E-state index in [-0.39, 0.29) is 18.0 Å². The monoisotopic (exact) mass is 295 g/mol. The molecule has 0 heterocycles. The van der Waals surface area contributed by atoms with E-state index in [4.69, 9.17) is 5.11 Å². The van der Waals surface area contributed by atoms with Crippen LogP contribution >= 0.6 is 0 Å². The summed E-state index contributed by atoms with van der Waals surface area (Å²) in [6.07, 6.45) is 0. The molecular weight excluding hydrogens is 281 g/mol. The van der Waals surface area contributed by atoms with Gasteiger partial charge in [-0.05, 0) is 23.3 Å². The quantitative estimate of drug-likeness (QED) is 0.884. The maximum absolute atomic E-state index is 13.5. The van der Waals surface area contributed by atoms with Gasteiger partial charge in [-0.2, -0.15) is 0 Å². The lowest BCUT2D eigenvalue weighted by atomic mass is 10.1. The first-order valence-corrected chi connectivity index (χ1v) is 7.44. The van der Waals surface area contributed by atoms with E-state index in [0.29, 0.717) is 0 Å². The minimum Gasteiger partial charge on any atom is -0.392 e. The number of hydrogen-bond acceptors (Lipinski definition) is 3. The maximum Gasteiger partial charge on any atom is 0.243 e. The first-order chi connectivity index (χ1) is 9.53. The normalized spacial score (nSPS) is 11.5. The fourth-order valence-corrected chi connectivity index (χ4v) is 2.78. The number of benzene rings is 2. The fraction of sp³-hybridized carbons (Fsp3) is 0.143. The summed E-state index contributed by atoms with van der Waals surface area (Å²) in [4.78, 5) is -0.369. The van der Waals surface area contributed by atoms with E-state index in [1.165, 1.54) is 18.2 Å². The Labute approximate surface area is 116 Å². The molecule has 0 fully saturated rings. The van der Waals surface area contributed by atoms with Crippen molar-refractivity contribution in [2.24, 2.45) is 0 Å². The molecule has 0 saturated heterocycles. The summed E-state index contributed by atoms with van der Waals surface area (Å²) in [7, 11) is -3.88. The van der Waals surface area contributed by atoms with Crippen LogP contribution in [-0.4, -0.2) is 13.5 Å². The second kappa shape index (κ2) is 6.13. The zero-order valence-corrected chi connectivity index (χ0v) is 11.4. The smallest absolute Gasteiger partial charge is 0.243 e. The first-order valence-electron chi connectivity index (χ1n) is 5.96. The molecular formula is C14H14FNO3S. The third-order valence-corrected chi connectivity index (χ3v) is 4.23. The Hall–Kier alpha value is -1.76. The second-order valence-electron chi connectivity index (χ2n) is 4.23. The van der Waals surface area contributed by atoms with Gasteiger partial charge in [0, 0.05) is 6.54 Å². The summed E-state index contributed by atoms with van der Waals surface area (Å²) in [5, 5.41) is 8.91. The molecule has 20 heavy (non-hydrogen) atoms. The molecule has 0 spiro atoms. The summed E-state index contributed by atoms with van der Waals surface area (Å²) >= 11 is 0. The highest BCUT2D eigenvalue weighted by Crippen LogP contribution is 2.14. The summed E-state index contributed by atoms with van der Waals surface area (Å²) in [6, 6.07) is 12.0. The average Bonchev–Trinajstić information content (AvgIpc) is 2.46. The average molecular weight is 295 g/mol. The van der Waals surface area contributed by atoms with Crippen LogP contribution in [0.1, 0.15) is 11.1 Å². The summed E-state index contributed by atoms with van der Waals surface area (Å²) in [6.45, 7) is -0.0103. The third-order valence-electron chi connectivity index (χ3n) is 2.80. The van der Waals surface area contributed by atoms with Crippen molar-refractivity contribution in [3.63, 3.8) is 0 Å². The summed E-state index contributed by atoms with van der Waals surface area (Å²) in [5.74, 6) is -0.782. The molecule has 6 heteroatoms. The fourth-order valence-electron chi connectivity index (χ4n) is 1.68. The van der Waals surface area contributed by atoms with E-state index in [1.807, 2.05) is 0 Å². The van der Waals surface area contributed by atoms with Crippen molar-refractivity contribution in [3.05, 3.63) is 65.5 Å². The minimum atomic E-state index is -3.88. The van der Waals surface area contributed by atoms with Crippen LogP contribution in [0.15, 0.2) is 53.4 Å². The number of rotatable bonds is 5. The van der Waals surface area contributed by atoms with E-state index < -0.39 is 15.8 Å². The van der Waals surface area contributed by atoms with E-state index >= 15 is 0 Å². The molecule has 0 aliphatic carbocycles. The largest absolute Gasteiger partial charge is 0.392 e. The topological polar surface area (TPSA) is 66.4 Å². The van der Waals surface area contributed by atoms with Crippen molar-refractivity contribution >= 4 is 10.0 Å². The lowest BCUT2D eigenvalue weighted by Crippen LogP contribution is -2.24. The van der Waals surface area contributed by atoms with Crippen molar-refractivity contribution in [2.75, 3.05) is 0 Å². The Bertz CT molecular complexity index is 684. The minimum absolute atomic E-state index is 0.0579. The van der Waals surface area contributed by atoms with Crippen LogP contribution in [0.3, 0.4) is 0 Å². The lowest BCUT2D eigenvalue weighted by molar-refractivity contribution is 0.282. The van der Waals surface area contributed by atoms with E-state index in [9.17, 15) is 12.8 Å². The summed E-state index contributed by atoms with van der Waals surface area (Å²) < 4.78 is 39.7. The second-order valence-corrected chi connectivity index (χ2v) is 5.96. The molecule has 2 aromatic carbocycles. The van der Waals surface area contributed by atoms with E-state index in [0.717, 1.165) is 17.2 Å². The van der Waals surface area contributed by atoms with Crippen LogP contribution in [0.25, 0.3) is 0 Å². The molecule has 0 unspecified atom stereocenters. The third kappa shape index (κ3) is 3.41. The van der Waals surface area contributed by atoms with Crippen LogP contribution in [0.5, 0.6) is 0 Å². The van der Waals surface area contributed by atoms with Gasteiger partial charge >= 0.3 is 0 Å². The first kappa shape index (κ1) is 14.6. The van der Waals surface area contributed by atoms with Gasteiger partial charge in [-0.3, -0.25) is 0 Å². The molecule has 106 valence electrons. The molecule has 0 atom stereocenters. The number of nitrogens with one attached hydrogen (secondary N) is 1. The van der Waals surface area contributed by atoms with Crippen LogP contribution in [0.4, 0.5) is 4.39 Å². The molecule has 2 aromatic rings. The molecule has 0 aliphatic rings. The molecule has 0 radical (unpaired) electrons. The van der Waals surface area contributed by atoms with E-state index in [1.54, 1.807) is 24.3 Å². The SMILES string of the molecule is O=S(=O)(NCc1ccc(CO)cc1)c1ccccc1F. The Morgan fingerprint density at radius 2 is 1.60 bits per heavy atom. The van der Waals surface area contributed by atoms with Crippen LogP contribution in [-0.2, 0) is 23.2 Å². The molecule has 0 saturated carbocycles. The Kier molecular flexibility index (Phi) is 4.49. The number of aliphatic hydroxyl groups is 1. The number of hydrogen-bond donors (Lipinski definition) is 2. The van der Waals surface area contributed by atoms with Gasteiger partial charge in [0.25, 0.3) is 0 Å². The summed E-state index contributed by atoms with van der Waals surface area (Å²) in [5.41, 5.74) is 1.47. The van der Waals surface area contributed by atoms with Gasteiger partial charge in [-0.15, -0.1) is 0 Å².